The Labute approximate surface area is 180 Å². The highest BCUT2D eigenvalue weighted by Gasteiger charge is 2.21. The summed E-state index contributed by atoms with van der Waals surface area (Å²) in [4.78, 5) is 45.7. The van der Waals surface area contributed by atoms with Crippen molar-refractivity contribution in [2.75, 3.05) is 6.61 Å². The first-order chi connectivity index (χ1) is 14.8. The fourth-order valence-corrected chi connectivity index (χ4v) is 3.52. The zero-order valence-corrected chi connectivity index (χ0v) is 18.2. The minimum Gasteiger partial charge on any atom is -0.456 e. The summed E-state index contributed by atoms with van der Waals surface area (Å²) in [6.07, 6.45) is 1.63. The second kappa shape index (κ2) is 9.55. The Morgan fingerprint density at radius 3 is 2.45 bits per heavy atom. The van der Waals surface area contributed by atoms with Gasteiger partial charge in [-0.05, 0) is 39.8 Å². The molecule has 0 unspecified atom stereocenters. The summed E-state index contributed by atoms with van der Waals surface area (Å²) in [5.41, 5.74) is 0.868. The maximum Gasteiger partial charge on any atom is 0.306 e. The average Bonchev–Trinajstić information content (AvgIpc) is 3.15. The molecule has 0 saturated heterocycles. The highest BCUT2D eigenvalue weighted by Crippen LogP contribution is 2.14. The highest BCUT2D eigenvalue weighted by molar-refractivity contribution is 5.81. The number of ether oxygens (including phenoxy) is 1. The first-order valence-electron chi connectivity index (χ1n) is 10.3. The first-order valence-corrected chi connectivity index (χ1v) is 10.3. The van der Waals surface area contributed by atoms with Crippen molar-refractivity contribution >= 4 is 22.9 Å². The van der Waals surface area contributed by atoms with Gasteiger partial charge in [-0.2, -0.15) is 5.10 Å². The second-order valence-electron chi connectivity index (χ2n) is 7.79. The Kier molecular flexibility index (Phi) is 6.84. The number of amides is 1. The molecule has 164 valence electrons. The molecule has 0 radical (unpaired) electrons. The highest BCUT2D eigenvalue weighted by atomic mass is 16.5. The third kappa shape index (κ3) is 5.17. The molecule has 1 N–H and O–H groups in total. The van der Waals surface area contributed by atoms with Crippen LogP contribution in [-0.2, 0) is 20.7 Å². The second-order valence-corrected chi connectivity index (χ2v) is 7.79. The van der Waals surface area contributed by atoms with Crippen LogP contribution in [0.2, 0.25) is 0 Å². The lowest BCUT2D eigenvalue weighted by Crippen LogP contribution is -2.44. The number of hydrogen-bond acceptors (Lipinski definition) is 6. The van der Waals surface area contributed by atoms with Gasteiger partial charge in [-0.3, -0.25) is 14.4 Å². The van der Waals surface area contributed by atoms with Crippen LogP contribution in [0.5, 0.6) is 0 Å². The summed E-state index contributed by atoms with van der Waals surface area (Å²) in [6, 6.07) is 9.38. The number of benzene rings is 1. The maximum atomic E-state index is 12.4. The number of H-pyrrole nitrogens is 1. The molecule has 0 spiro atoms. The number of para-hydroxylation sites is 1. The van der Waals surface area contributed by atoms with E-state index in [0.717, 1.165) is 5.69 Å². The zero-order chi connectivity index (χ0) is 22.5. The van der Waals surface area contributed by atoms with Crippen molar-refractivity contribution in [2.45, 2.75) is 52.6 Å². The van der Waals surface area contributed by atoms with Gasteiger partial charge in [0.25, 0.3) is 11.5 Å². The largest absolute Gasteiger partial charge is 0.456 e. The number of aromatic amines is 1. The number of carbonyl (C=O) groups excluding carboxylic acids is 2. The molecule has 0 aliphatic rings. The number of hydrogen-bond donors (Lipinski definition) is 1. The van der Waals surface area contributed by atoms with Crippen LogP contribution in [0.25, 0.3) is 16.7 Å². The number of nitrogens with zero attached hydrogens (tertiary/aromatic N) is 4. The molecular formula is C22H27N5O4. The Morgan fingerprint density at radius 2 is 1.81 bits per heavy atom. The quantitative estimate of drug-likeness (QED) is 0.554. The molecule has 0 bridgehead atoms. The lowest BCUT2D eigenvalue weighted by Gasteiger charge is -2.30. The SMILES string of the molecule is CC(C)N(C(=O)COC(=O)CCc1nc2c(cnn2-c2ccccc2)c(=O)[nH]1)C(C)C. The molecule has 0 aliphatic heterocycles. The van der Waals surface area contributed by atoms with Crippen LogP contribution < -0.4 is 5.56 Å². The predicted molar refractivity (Wildman–Crippen MR) is 116 cm³/mol. The van der Waals surface area contributed by atoms with Gasteiger partial charge in [-0.1, -0.05) is 18.2 Å². The smallest absolute Gasteiger partial charge is 0.306 e. The fraction of sp³-hybridized carbons (Fsp3) is 0.409. The first kappa shape index (κ1) is 22.2. The molecule has 9 nitrogen and oxygen atoms in total. The molecule has 3 aromatic rings. The Bertz CT molecular complexity index is 1110. The number of nitrogens with one attached hydrogen (secondary N) is 1. The normalized spacial score (nSPS) is 11.3. The van der Waals surface area contributed by atoms with Gasteiger partial charge in [0.2, 0.25) is 0 Å². The Hall–Kier alpha value is -3.49. The monoisotopic (exact) mass is 425 g/mol. The number of esters is 1. The number of fused-ring (bicyclic) bond motifs is 1. The van der Waals surface area contributed by atoms with Crippen molar-refractivity contribution in [3.63, 3.8) is 0 Å². The standard InChI is InChI=1S/C22H27N5O4/c1-14(2)26(15(3)4)19(28)13-31-20(29)11-10-18-24-21-17(22(30)25-18)12-23-27(21)16-8-6-5-7-9-16/h5-9,12,14-15H,10-11,13H2,1-4H3,(H,24,25,30). The molecule has 3 rings (SSSR count). The number of aryl methyl sites for hydroxylation is 1. The number of rotatable bonds is 8. The van der Waals surface area contributed by atoms with Crippen molar-refractivity contribution in [3.8, 4) is 5.69 Å². The molecule has 0 fully saturated rings. The Morgan fingerprint density at radius 1 is 1.13 bits per heavy atom. The summed E-state index contributed by atoms with van der Waals surface area (Å²) in [5.74, 6) is -0.414. The van der Waals surface area contributed by atoms with Crippen molar-refractivity contribution in [2.24, 2.45) is 0 Å². The van der Waals surface area contributed by atoms with Gasteiger partial charge in [-0.25, -0.2) is 9.67 Å². The summed E-state index contributed by atoms with van der Waals surface area (Å²) in [7, 11) is 0. The van der Waals surface area contributed by atoms with Crippen molar-refractivity contribution in [1.82, 2.24) is 24.6 Å². The van der Waals surface area contributed by atoms with Crippen LogP contribution in [0, 0.1) is 0 Å². The fourth-order valence-electron chi connectivity index (χ4n) is 3.52. The van der Waals surface area contributed by atoms with E-state index < -0.39 is 5.97 Å². The average molecular weight is 425 g/mol. The van der Waals surface area contributed by atoms with Crippen LogP contribution in [0.1, 0.15) is 39.9 Å². The lowest BCUT2D eigenvalue weighted by molar-refractivity contribution is -0.153. The molecule has 1 amide bonds. The molecule has 9 heteroatoms. The minimum atomic E-state index is -0.528. The lowest BCUT2D eigenvalue weighted by atomic mass is 10.2. The van der Waals surface area contributed by atoms with E-state index in [2.05, 4.69) is 15.1 Å². The summed E-state index contributed by atoms with van der Waals surface area (Å²) in [5, 5.41) is 4.62. The van der Waals surface area contributed by atoms with E-state index in [9.17, 15) is 14.4 Å². The van der Waals surface area contributed by atoms with Crippen LogP contribution in [0.15, 0.2) is 41.3 Å². The van der Waals surface area contributed by atoms with Crippen molar-refractivity contribution in [1.29, 1.82) is 0 Å². The van der Waals surface area contributed by atoms with Crippen LogP contribution in [0.4, 0.5) is 0 Å². The van der Waals surface area contributed by atoms with E-state index in [-0.39, 0.29) is 43.0 Å². The molecular weight excluding hydrogens is 398 g/mol. The van der Waals surface area contributed by atoms with Gasteiger partial charge in [-0.15, -0.1) is 0 Å². The van der Waals surface area contributed by atoms with Gasteiger partial charge in [0.05, 0.1) is 18.3 Å². The number of carbonyl (C=O) groups is 2. The van der Waals surface area contributed by atoms with E-state index in [1.165, 1.54) is 6.20 Å². The third-order valence-corrected chi connectivity index (χ3v) is 4.81. The van der Waals surface area contributed by atoms with Crippen molar-refractivity contribution in [3.05, 3.63) is 52.7 Å². The zero-order valence-electron chi connectivity index (χ0n) is 18.2. The van der Waals surface area contributed by atoms with E-state index in [1.54, 1.807) is 9.58 Å². The molecule has 1 aromatic carbocycles. The van der Waals surface area contributed by atoms with Gasteiger partial charge in [0.1, 0.15) is 11.2 Å². The summed E-state index contributed by atoms with van der Waals surface area (Å²) in [6.45, 7) is 7.35. The molecule has 31 heavy (non-hydrogen) atoms. The minimum absolute atomic E-state index is 0.00937. The van der Waals surface area contributed by atoms with E-state index in [4.69, 9.17) is 4.74 Å². The number of aromatic nitrogens is 4. The molecule has 0 saturated carbocycles. The topological polar surface area (TPSA) is 110 Å². The van der Waals surface area contributed by atoms with Crippen LogP contribution in [0.3, 0.4) is 0 Å². The van der Waals surface area contributed by atoms with Gasteiger partial charge in [0, 0.05) is 18.5 Å². The molecule has 2 heterocycles. The van der Waals surface area contributed by atoms with Crippen LogP contribution >= 0.6 is 0 Å². The van der Waals surface area contributed by atoms with E-state index >= 15 is 0 Å². The predicted octanol–water partition coefficient (Wildman–Crippen LogP) is 2.23. The molecule has 2 aromatic heterocycles. The Balaban J connectivity index is 1.66. The van der Waals surface area contributed by atoms with Gasteiger partial charge < -0.3 is 14.6 Å². The summed E-state index contributed by atoms with van der Waals surface area (Å²) < 4.78 is 6.72. The van der Waals surface area contributed by atoms with Gasteiger partial charge in [0.15, 0.2) is 12.3 Å². The maximum absolute atomic E-state index is 12.4. The van der Waals surface area contributed by atoms with E-state index in [1.807, 2.05) is 58.0 Å². The third-order valence-electron chi connectivity index (χ3n) is 4.81. The van der Waals surface area contributed by atoms with Gasteiger partial charge >= 0.3 is 5.97 Å². The molecule has 0 aliphatic carbocycles. The summed E-state index contributed by atoms with van der Waals surface area (Å²) >= 11 is 0. The van der Waals surface area contributed by atoms with Crippen LogP contribution in [-0.4, -0.2) is 55.2 Å². The molecule has 0 atom stereocenters. The van der Waals surface area contributed by atoms with E-state index in [0.29, 0.717) is 16.9 Å². The van der Waals surface area contributed by atoms with Crippen molar-refractivity contribution < 1.29 is 14.3 Å².